The van der Waals surface area contributed by atoms with E-state index in [4.69, 9.17) is 0 Å². The van der Waals surface area contributed by atoms with Crippen LogP contribution in [-0.4, -0.2) is 54.0 Å². The Morgan fingerprint density at radius 3 is 2.63 bits per heavy atom. The van der Waals surface area contributed by atoms with Crippen LogP contribution < -0.4 is 5.32 Å². The number of amides is 2. The Morgan fingerprint density at radius 1 is 1.19 bits per heavy atom. The van der Waals surface area contributed by atoms with Gasteiger partial charge in [0.2, 0.25) is 11.8 Å². The molecule has 0 bridgehead atoms. The Balaban J connectivity index is 1.54. The summed E-state index contributed by atoms with van der Waals surface area (Å²) in [7, 11) is 1.83. The molecule has 2 aliphatic rings. The maximum atomic E-state index is 12.9. The molecule has 5 nitrogen and oxygen atoms in total. The molecule has 0 radical (unpaired) electrons. The summed E-state index contributed by atoms with van der Waals surface area (Å²) in [6.07, 6.45) is 10.9. The van der Waals surface area contributed by atoms with E-state index in [1.807, 2.05) is 42.5 Å². The van der Waals surface area contributed by atoms with Gasteiger partial charge in [-0.2, -0.15) is 0 Å². The first-order chi connectivity index (χ1) is 13.1. The largest absolute Gasteiger partial charge is 0.324 e. The first-order valence-electron chi connectivity index (χ1n) is 9.71. The van der Waals surface area contributed by atoms with Gasteiger partial charge >= 0.3 is 0 Å². The van der Waals surface area contributed by atoms with Crippen molar-refractivity contribution in [3.05, 3.63) is 36.0 Å². The molecule has 27 heavy (non-hydrogen) atoms. The average molecular weight is 388 g/mol. The molecule has 0 spiro atoms. The average Bonchev–Trinajstić information content (AvgIpc) is 3.48. The second-order valence-electron chi connectivity index (χ2n) is 7.36. The molecule has 0 atom stereocenters. The van der Waals surface area contributed by atoms with Crippen LogP contribution in [0.15, 0.2) is 40.9 Å². The van der Waals surface area contributed by atoms with E-state index >= 15 is 0 Å². The van der Waals surface area contributed by atoms with Crippen molar-refractivity contribution >= 4 is 29.3 Å². The van der Waals surface area contributed by atoms with Crippen molar-refractivity contribution < 1.29 is 9.59 Å². The van der Waals surface area contributed by atoms with E-state index in [-0.39, 0.29) is 24.9 Å². The van der Waals surface area contributed by atoms with Gasteiger partial charge in [-0.25, -0.2) is 0 Å². The van der Waals surface area contributed by atoms with Crippen LogP contribution in [0.1, 0.15) is 38.5 Å². The van der Waals surface area contributed by atoms with Crippen molar-refractivity contribution in [3.63, 3.8) is 0 Å². The van der Waals surface area contributed by atoms with Crippen LogP contribution in [0, 0.1) is 0 Å². The number of hydrogen-bond acceptors (Lipinski definition) is 4. The number of anilines is 1. The Kier molecular flexibility index (Phi) is 6.96. The molecule has 2 aliphatic carbocycles. The third-order valence-electron chi connectivity index (χ3n) is 4.96. The van der Waals surface area contributed by atoms with Crippen molar-refractivity contribution in [3.8, 4) is 0 Å². The predicted octanol–water partition coefficient (Wildman–Crippen LogP) is 3.73. The number of para-hydroxylation sites is 1. The second-order valence-corrected chi connectivity index (χ2v) is 8.20. The van der Waals surface area contributed by atoms with E-state index in [0.29, 0.717) is 6.04 Å². The molecular weight excluding hydrogens is 358 g/mol. The van der Waals surface area contributed by atoms with Gasteiger partial charge in [-0.15, -0.1) is 11.8 Å². The quantitative estimate of drug-likeness (QED) is 0.691. The lowest BCUT2D eigenvalue weighted by molar-refractivity contribution is -0.131. The number of allylic oxidation sites excluding steroid dienone is 2. The molecule has 146 valence electrons. The Bertz CT molecular complexity index is 715. The maximum absolute atomic E-state index is 12.9. The first kappa shape index (κ1) is 20.0. The number of likely N-dealkylation sites (N-methyl/N-ethyl adjacent to an activating group) is 1. The zero-order valence-electron chi connectivity index (χ0n) is 16.2. The molecule has 0 unspecified atom stereocenters. The summed E-state index contributed by atoms with van der Waals surface area (Å²) in [6, 6.07) is 8.13. The fraction of sp³-hybridized carbons (Fsp3) is 0.524. The summed E-state index contributed by atoms with van der Waals surface area (Å²) in [4.78, 5) is 30.1. The van der Waals surface area contributed by atoms with E-state index in [1.165, 1.54) is 12.1 Å². The van der Waals surface area contributed by atoms with Gasteiger partial charge in [-0.05, 0) is 64.0 Å². The molecule has 3 rings (SSSR count). The molecule has 1 saturated carbocycles. The molecule has 6 heteroatoms. The van der Waals surface area contributed by atoms with E-state index in [1.54, 1.807) is 16.7 Å². The van der Waals surface area contributed by atoms with Crippen molar-refractivity contribution in [2.24, 2.45) is 0 Å². The molecule has 1 N–H and O–H groups in total. The number of carbonyl (C=O) groups excluding carboxylic acids is 2. The number of nitrogens with one attached hydrogen (secondary N) is 1. The van der Waals surface area contributed by atoms with Crippen LogP contribution in [0.4, 0.5) is 5.69 Å². The van der Waals surface area contributed by atoms with E-state index in [2.05, 4.69) is 11.4 Å². The normalized spacial score (nSPS) is 16.8. The molecule has 0 saturated heterocycles. The summed E-state index contributed by atoms with van der Waals surface area (Å²) in [5.74, 6) is 0.0205. The SMILES string of the molecule is CSc1ccccc1NC(=O)CN(C)CC(=O)N(C1=CCCCC1)C1CC1. The van der Waals surface area contributed by atoms with Gasteiger partial charge < -0.3 is 10.2 Å². The Hall–Kier alpha value is -1.79. The lowest BCUT2D eigenvalue weighted by Crippen LogP contribution is -2.42. The summed E-state index contributed by atoms with van der Waals surface area (Å²) < 4.78 is 0. The number of carbonyl (C=O) groups is 2. The molecule has 0 aliphatic heterocycles. The first-order valence-corrected chi connectivity index (χ1v) is 10.9. The predicted molar refractivity (Wildman–Crippen MR) is 111 cm³/mol. The number of benzene rings is 1. The molecule has 1 aromatic rings. The van der Waals surface area contributed by atoms with Gasteiger partial charge in [-0.1, -0.05) is 18.2 Å². The minimum Gasteiger partial charge on any atom is -0.324 e. The van der Waals surface area contributed by atoms with Gasteiger partial charge in [0.05, 0.1) is 18.8 Å². The standard InChI is InChI=1S/C21H29N3O2S/c1-23(14-20(25)22-18-10-6-7-11-19(18)27-2)15-21(26)24(17-12-13-17)16-8-4-3-5-9-16/h6-8,10-11,17H,3-5,9,12-15H2,1-2H3,(H,22,25). The van der Waals surface area contributed by atoms with Crippen LogP contribution in [0.3, 0.4) is 0 Å². The third kappa shape index (κ3) is 5.59. The van der Waals surface area contributed by atoms with Gasteiger partial charge in [0.1, 0.15) is 0 Å². The lowest BCUT2D eigenvalue weighted by atomic mass is 10.0. The highest BCUT2D eigenvalue weighted by Crippen LogP contribution is 2.33. The minimum absolute atomic E-state index is 0.0957. The number of rotatable bonds is 8. The smallest absolute Gasteiger partial charge is 0.241 e. The lowest BCUT2D eigenvalue weighted by Gasteiger charge is -2.29. The highest BCUT2D eigenvalue weighted by molar-refractivity contribution is 7.98. The maximum Gasteiger partial charge on any atom is 0.241 e. The molecule has 1 fully saturated rings. The summed E-state index contributed by atoms with van der Waals surface area (Å²) in [5.41, 5.74) is 2.02. The van der Waals surface area contributed by atoms with Crippen molar-refractivity contribution in [2.45, 2.75) is 49.5 Å². The monoisotopic (exact) mass is 387 g/mol. The Morgan fingerprint density at radius 2 is 1.96 bits per heavy atom. The van der Waals surface area contributed by atoms with Crippen LogP contribution >= 0.6 is 11.8 Å². The molecular formula is C21H29N3O2S. The molecule has 1 aromatic carbocycles. The van der Waals surface area contributed by atoms with E-state index < -0.39 is 0 Å². The summed E-state index contributed by atoms with van der Waals surface area (Å²) in [5, 5.41) is 2.96. The third-order valence-corrected chi connectivity index (χ3v) is 5.75. The topological polar surface area (TPSA) is 52.7 Å². The summed E-state index contributed by atoms with van der Waals surface area (Å²) >= 11 is 1.60. The van der Waals surface area contributed by atoms with Gasteiger partial charge in [0.25, 0.3) is 0 Å². The number of thioether (sulfide) groups is 1. The van der Waals surface area contributed by atoms with Crippen molar-refractivity contribution in [1.29, 1.82) is 0 Å². The van der Waals surface area contributed by atoms with Gasteiger partial charge in [0.15, 0.2) is 0 Å². The summed E-state index contributed by atoms with van der Waals surface area (Å²) in [6.45, 7) is 0.470. The number of nitrogens with zero attached hydrogens (tertiary/aromatic N) is 2. The molecule has 0 aromatic heterocycles. The molecule has 0 heterocycles. The fourth-order valence-corrected chi connectivity index (χ4v) is 4.07. The Labute approximate surface area is 166 Å². The van der Waals surface area contributed by atoms with Crippen LogP contribution in [-0.2, 0) is 9.59 Å². The fourth-order valence-electron chi connectivity index (χ4n) is 3.52. The zero-order chi connectivity index (χ0) is 19.2. The highest BCUT2D eigenvalue weighted by Gasteiger charge is 2.35. The van der Waals surface area contributed by atoms with E-state index in [0.717, 1.165) is 42.7 Å². The van der Waals surface area contributed by atoms with Gasteiger partial charge in [-0.3, -0.25) is 14.5 Å². The van der Waals surface area contributed by atoms with Crippen LogP contribution in [0.2, 0.25) is 0 Å². The van der Waals surface area contributed by atoms with Crippen LogP contribution in [0.5, 0.6) is 0 Å². The van der Waals surface area contributed by atoms with Crippen molar-refractivity contribution in [1.82, 2.24) is 9.80 Å². The van der Waals surface area contributed by atoms with Crippen LogP contribution in [0.25, 0.3) is 0 Å². The zero-order valence-corrected chi connectivity index (χ0v) is 17.1. The molecule has 2 amide bonds. The second kappa shape index (κ2) is 9.42. The van der Waals surface area contributed by atoms with E-state index in [9.17, 15) is 9.59 Å². The minimum atomic E-state index is -0.0957. The number of hydrogen-bond donors (Lipinski definition) is 1. The van der Waals surface area contributed by atoms with Gasteiger partial charge in [0, 0.05) is 16.6 Å². The highest BCUT2D eigenvalue weighted by atomic mass is 32.2. The van der Waals surface area contributed by atoms with Crippen molar-refractivity contribution in [2.75, 3.05) is 31.7 Å².